The molecule has 3 aromatic rings. The first kappa shape index (κ1) is 29.0. The molecule has 3 nitrogen and oxygen atoms in total. The maximum absolute atomic E-state index is 11.5. The lowest BCUT2D eigenvalue weighted by atomic mass is 9.97. The minimum Gasteiger partial charge on any atom is -0.507 e. The van der Waals surface area contributed by atoms with Gasteiger partial charge in [-0.25, -0.2) is 0 Å². The highest BCUT2D eigenvalue weighted by Crippen LogP contribution is 2.43. The SMILES string of the molecule is CCCN(CCC)Cc1cc(-c2ssc(=S)c2-c2ccc(C)cc2)cc(CN(CCC)CCC)c1O. The molecule has 0 atom stereocenters. The van der Waals surface area contributed by atoms with Crippen LogP contribution in [0.4, 0.5) is 0 Å². The smallest absolute Gasteiger partial charge is 0.124 e. The summed E-state index contributed by atoms with van der Waals surface area (Å²) >= 11 is 5.82. The van der Waals surface area contributed by atoms with E-state index < -0.39 is 0 Å². The quantitative estimate of drug-likeness (QED) is 0.162. The zero-order valence-corrected chi connectivity index (χ0v) is 25.1. The van der Waals surface area contributed by atoms with Crippen LogP contribution < -0.4 is 0 Å². The number of rotatable bonds is 14. The minimum absolute atomic E-state index is 0.462. The predicted octanol–water partition coefficient (Wildman–Crippen LogP) is 9.13. The van der Waals surface area contributed by atoms with Crippen LogP contribution in [0.3, 0.4) is 0 Å². The van der Waals surface area contributed by atoms with Gasteiger partial charge in [-0.1, -0.05) is 90.4 Å². The summed E-state index contributed by atoms with van der Waals surface area (Å²) in [5.74, 6) is 0.462. The summed E-state index contributed by atoms with van der Waals surface area (Å²) in [6.45, 7) is 16.7. The molecule has 0 saturated heterocycles. The molecule has 3 rings (SSSR count). The van der Waals surface area contributed by atoms with Crippen molar-refractivity contribution in [2.24, 2.45) is 0 Å². The molecule has 0 fully saturated rings. The Labute approximate surface area is 230 Å². The molecule has 6 heteroatoms. The zero-order valence-electron chi connectivity index (χ0n) is 22.6. The third kappa shape index (κ3) is 7.48. The van der Waals surface area contributed by atoms with Gasteiger partial charge in [-0.3, -0.25) is 9.80 Å². The Kier molecular flexibility index (Phi) is 11.6. The van der Waals surface area contributed by atoms with Gasteiger partial charge in [0.15, 0.2) is 0 Å². The molecule has 0 unspecified atom stereocenters. The van der Waals surface area contributed by atoms with E-state index in [2.05, 4.69) is 80.8 Å². The molecule has 0 amide bonds. The summed E-state index contributed by atoms with van der Waals surface area (Å²) in [5, 5.41) is 11.5. The monoisotopic (exact) mass is 542 g/mol. The van der Waals surface area contributed by atoms with Crippen LogP contribution in [0.15, 0.2) is 36.4 Å². The highest BCUT2D eigenvalue weighted by atomic mass is 32.9. The minimum atomic E-state index is 0.462. The average Bonchev–Trinajstić information content (AvgIpc) is 3.24. The molecule has 0 aliphatic heterocycles. The molecule has 0 aliphatic rings. The predicted molar refractivity (Wildman–Crippen MR) is 162 cm³/mol. The summed E-state index contributed by atoms with van der Waals surface area (Å²) in [7, 11) is 3.43. The largest absolute Gasteiger partial charge is 0.507 e. The standard InChI is InChI=1S/C30H42N2OS3/c1-6-14-31(15-7-2)20-25-18-24(19-26(28(25)33)21-32(16-8-3)17-9-4)29-27(30(34)36-35-29)23-12-10-22(5)11-13-23/h10-13,18-19,33H,6-9,14-17,20-21H2,1-5H3. The van der Waals surface area contributed by atoms with Crippen molar-refractivity contribution in [2.45, 2.75) is 73.4 Å². The Morgan fingerprint density at radius 3 is 1.64 bits per heavy atom. The summed E-state index contributed by atoms with van der Waals surface area (Å²) in [6.07, 6.45) is 4.43. The molecule has 0 bridgehead atoms. The van der Waals surface area contributed by atoms with E-state index in [-0.39, 0.29) is 0 Å². The van der Waals surface area contributed by atoms with Gasteiger partial charge in [0.1, 0.15) is 9.57 Å². The van der Waals surface area contributed by atoms with Crippen molar-refractivity contribution >= 4 is 32.9 Å². The summed E-state index contributed by atoms with van der Waals surface area (Å²) < 4.78 is 0.937. The van der Waals surface area contributed by atoms with Crippen molar-refractivity contribution < 1.29 is 5.11 Å². The van der Waals surface area contributed by atoms with Crippen LogP contribution in [0.25, 0.3) is 21.6 Å². The van der Waals surface area contributed by atoms with Gasteiger partial charge in [-0.15, -0.1) is 0 Å². The lowest BCUT2D eigenvalue weighted by Crippen LogP contribution is -2.26. The highest BCUT2D eigenvalue weighted by molar-refractivity contribution is 7.80. The van der Waals surface area contributed by atoms with Gasteiger partial charge >= 0.3 is 0 Å². The maximum atomic E-state index is 11.5. The van der Waals surface area contributed by atoms with E-state index >= 15 is 0 Å². The molecular weight excluding hydrogens is 501 g/mol. The Morgan fingerprint density at radius 2 is 1.19 bits per heavy atom. The number of phenolic OH excluding ortho intramolecular Hbond substituents is 1. The Bertz CT molecular complexity index is 1100. The van der Waals surface area contributed by atoms with E-state index in [0.717, 1.165) is 85.5 Å². The van der Waals surface area contributed by atoms with Gasteiger partial charge in [-0.2, -0.15) is 0 Å². The topological polar surface area (TPSA) is 26.7 Å². The molecule has 0 saturated carbocycles. The molecule has 0 radical (unpaired) electrons. The number of phenols is 1. The van der Waals surface area contributed by atoms with Crippen LogP contribution in [-0.4, -0.2) is 41.1 Å². The number of nitrogens with zero attached hydrogens (tertiary/aromatic N) is 2. The number of hydrogen-bond acceptors (Lipinski definition) is 6. The molecule has 36 heavy (non-hydrogen) atoms. The second-order valence-corrected chi connectivity index (χ2v) is 12.5. The molecule has 0 spiro atoms. The lowest BCUT2D eigenvalue weighted by Gasteiger charge is -2.25. The fourth-order valence-corrected chi connectivity index (χ4v) is 7.74. The van der Waals surface area contributed by atoms with Gasteiger partial charge in [0.25, 0.3) is 0 Å². The van der Waals surface area contributed by atoms with Crippen molar-refractivity contribution in [1.29, 1.82) is 0 Å². The van der Waals surface area contributed by atoms with Crippen LogP contribution in [0.5, 0.6) is 5.75 Å². The number of aromatic hydroxyl groups is 1. The molecule has 1 heterocycles. The van der Waals surface area contributed by atoms with Crippen molar-refractivity contribution in [3.8, 4) is 27.3 Å². The van der Waals surface area contributed by atoms with E-state index in [1.807, 2.05) is 0 Å². The summed E-state index contributed by atoms with van der Waals surface area (Å²) in [4.78, 5) is 6.15. The van der Waals surface area contributed by atoms with Gasteiger partial charge < -0.3 is 5.11 Å². The van der Waals surface area contributed by atoms with Gasteiger partial charge in [0.05, 0.1) is 4.88 Å². The van der Waals surface area contributed by atoms with Gasteiger partial charge in [-0.05, 0) is 82.0 Å². The van der Waals surface area contributed by atoms with Crippen LogP contribution in [0.2, 0.25) is 0 Å². The van der Waals surface area contributed by atoms with E-state index in [4.69, 9.17) is 12.2 Å². The zero-order chi connectivity index (χ0) is 26.1. The molecule has 1 aromatic heterocycles. The Balaban J connectivity index is 2.13. The van der Waals surface area contributed by atoms with Crippen molar-refractivity contribution in [3.63, 3.8) is 0 Å². The van der Waals surface area contributed by atoms with Crippen molar-refractivity contribution in [3.05, 3.63) is 56.9 Å². The van der Waals surface area contributed by atoms with E-state index in [0.29, 0.717) is 5.75 Å². The fraction of sp³-hybridized carbons (Fsp3) is 0.500. The van der Waals surface area contributed by atoms with Crippen LogP contribution in [-0.2, 0) is 13.1 Å². The first-order chi connectivity index (χ1) is 17.4. The third-order valence-corrected chi connectivity index (χ3v) is 9.52. The fourth-order valence-electron chi connectivity index (χ4n) is 4.84. The summed E-state index contributed by atoms with van der Waals surface area (Å²) in [6, 6.07) is 13.1. The molecule has 0 aliphatic carbocycles. The highest BCUT2D eigenvalue weighted by Gasteiger charge is 2.20. The van der Waals surface area contributed by atoms with E-state index in [1.54, 1.807) is 20.7 Å². The van der Waals surface area contributed by atoms with Crippen LogP contribution in [0, 0.1) is 10.7 Å². The van der Waals surface area contributed by atoms with Crippen molar-refractivity contribution in [1.82, 2.24) is 9.80 Å². The molecule has 1 N–H and O–H groups in total. The lowest BCUT2D eigenvalue weighted by molar-refractivity contribution is 0.255. The van der Waals surface area contributed by atoms with E-state index in [9.17, 15) is 5.11 Å². The average molecular weight is 543 g/mol. The number of hydrogen-bond donors (Lipinski definition) is 1. The van der Waals surface area contributed by atoms with Gasteiger partial charge in [0, 0.05) is 29.8 Å². The second kappa shape index (κ2) is 14.4. The number of aryl methyl sites for hydroxylation is 1. The van der Waals surface area contributed by atoms with Gasteiger partial charge in [0.2, 0.25) is 0 Å². The molecule has 196 valence electrons. The normalized spacial score (nSPS) is 11.6. The number of benzene rings is 2. The third-order valence-electron chi connectivity index (χ3n) is 6.45. The maximum Gasteiger partial charge on any atom is 0.124 e. The van der Waals surface area contributed by atoms with Crippen LogP contribution >= 0.6 is 32.9 Å². The molecular formula is C30H42N2OS3. The Morgan fingerprint density at radius 1 is 0.722 bits per heavy atom. The Hall–Kier alpha value is -1.57. The van der Waals surface area contributed by atoms with Crippen molar-refractivity contribution in [2.75, 3.05) is 26.2 Å². The second-order valence-electron chi connectivity index (χ2n) is 9.72. The van der Waals surface area contributed by atoms with Crippen LogP contribution in [0.1, 0.15) is 70.1 Å². The first-order valence-electron chi connectivity index (χ1n) is 13.4. The molecule has 2 aromatic carbocycles. The summed E-state index contributed by atoms with van der Waals surface area (Å²) in [5.41, 5.74) is 6.80. The van der Waals surface area contributed by atoms with E-state index in [1.165, 1.54) is 21.6 Å². The first-order valence-corrected chi connectivity index (χ1v) is 16.0.